The largest absolute Gasteiger partial charge is 0.462 e. The Kier molecular flexibility index (Phi) is 60.2. The molecule has 6 heteroatoms. The van der Waals surface area contributed by atoms with E-state index >= 15 is 0 Å². The molecule has 0 heterocycles. The number of rotatable bonds is 59. The molecular formula is C68H122O6. The fourth-order valence-corrected chi connectivity index (χ4v) is 9.47. The van der Waals surface area contributed by atoms with E-state index in [2.05, 4.69) is 81.5 Å². The Bertz CT molecular complexity index is 1330. The zero-order valence-electron chi connectivity index (χ0n) is 49.4. The van der Waals surface area contributed by atoms with Crippen LogP contribution in [-0.4, -0.2) is 37.2 Å². The second-order valence-electron chi connectivity index (χ2n) is 21.7. The molecule has 0 aliphatic rings. The third-order valence-electron chi connectivity index (χ3n) is 14.3. The van der Waals surface area contributed by atoms with E-state index < -0.39 is 6.10 Å². The fourth-order valence-electron chi connectivity index (χ4n) is 9.47. The smallest absolute Gasteiger partial charge is 0.306 e. The molecule has 0 aromatic heterocycles. The Balaban J connectivity index is 4.16. The van der Waals surface area contributed by atoms with Crippen molar-refractivity contribution in [3.05, 3.63) is 60.8 Å². The van der Waals surface area contributed by atoms with E-state index in [0.29, 0.717) is 19.3 Å². The summed E-state index contributed by atoms with van der Waals surface area (Å²) < 4.78 is 16.9. The lowest BCUT2D eigenvalue weighted by Gasteiger charge is -2.18. The van der Waals surface area contributed by atoms with Crippen LogP contribution < -0.4 is 0 Å². The fraction of sp³-hybridized carbons (Fsp3) is 0.809. The molecule has 0 bridgehead atoms. The zero-order valence-corrected chi connectivity index (χ0v) is 49.4. The molecule has 6 nitrogen and oxygen atoms in total. The van der Waals surface area contributed by atoms with Crippen LogP contribution >= 0.6 is 0 Å². The van der Waals surface area contributed by atoms with Gasteiger partial charge in [-0.25, -0.2) is 0 Å². The van der Waals surface area contributed by atoms with Crippen molar-refractivity contribution in [3.8, 4) is 0 Å². The van der Waals surface area contributed by atoms with Gasteiger partial charge in [-0.05, 0) is 64.2 Å². The Labute approximate surface area is 460 Å². The van der Waals surface area contributed by atoms with Crippen molar-refractivity contribution in [2.45, 2.75) is 341 Å². The van der Waals surface area contributed by atoms with E-state index in [1.54, 1.807) is 0 Å². The van der Waals surface area contributed by atoms with Crippen molar-refractivity contribution in [2.75, 3.05) is 13.2 Å². The number of unbranched alkanes of at least 4 members (excludes halogenated alkanes) is 38. The molecule has 0 saturated carbocycles. The number of hydrogen-bond acceptors (Lipinski definition) is 6. The third kappa shape index (κ3) is 60.0. The van der Waals surface area contributed by atoms with Gasteiger partial charge in [-0.3, -0.25) is 14.4 Å². The van der Waals surface area contributed by atoms with E-state index in [0.717, 1.165) is 96.3 Å². The SMILES string of the molecule is CC/C=C\C/C=C\C/C=C\C/C=C\C/C=C\CCCCCCCCCCCC(=O)OCC(COC(=O)CCCCCCCCCC)OC(=O)CCCCCCCCCCCCCCCCCCCCCCCCC. The van der Waals surface area contributed by atoms with Gasteiger partial charge in [-0.2, -0.15) is 0 Å². The van der Waals surface area contributed by atoms with Crippen LogP contribution in [0.5, 0.6) is 0 Å². The Morgan fingerprint density at radius 3 is 0.824 bits per heavy atom. The van der Waals surface area contributed by atoms with Crippen LogP contribution in [0.4, 0.5) is 0 Å². The van der Waals surface area contributed by atoms with Gasteiger partial charge in [0.05, 0.1) is 0 Å². The molecule has 0 aliphatic carbocycles. The maximum absolute atomic E-state index is 12.9. The summed E-state index contributed by atoms with van der Waals surface area (Å²) in [6.07, 6.45) is 79.6. The highest BCUT2D eigenvalue weighted by Gasteiger charge is 2.19. The molecule has 1 atom stereocenters. The topological polar surface area (TPSA) is 78.9 Å². The van der Waals surface area contributed by atoms with Crippen LogP contribution in [-0.2, 0) is 28.6 Å². The van der Waals surface area contributed by atoms with Crippen molar-refractivity contribution in [2.24, 2.45) is 0 Å². The van der Waals surface area contributed by atoms with Gasteiger partial charge in [0, 0.05) is 19.3 Å². The van der Waals surface area contributed by atoms with E-state index in [-0.39, 0.29) is 31.1 Å². The molecule has 0 aromatic rings. The molecule has 0 amide bonds. The molecule has 0 saturated heterocycles. The average molecular weight is 1040 g/mol. The molecule has 74 heavy (non-hydrogen) atoms. The van der Waals surface area contributed by atoms with Crippen LogP contribution in [0.3, 0.4) is 0 Å². The van der Waals surface area contributed by atoms with E-state index in [1.165, 1.54) is 199 Å². The number of allylic oxidation sites excluding steroid dienone is 10. The van der Waals surface area contributed by atoms with Crippen molar-refractivity contribution in [1.82, 2.24) is 0 Å². The highest BCUT2D eigenvalue weighted by atomic mass is 16.6. The molecule has 0 aliphatic heterocycles. The van der Waals surface area contributed by atoms with Crippen molar-refractivity contribution in [1.29, 1.82) is 0 Å². The molecule has 0 fully saturated rings. The maximum atomic E-state index is 12.9. The highest BCUT2D eigenvalue weighted by molar-refractivity contribution is 5.71. The van der Waals surface area contributed by atoms with Gasteiger partial charge < -0.3 is 14.2 Å². The molecular weight excluding hydrogens is 913 g/mol. The summed E-state index contributed by atoms with van der Waals surface area (Å²) in [5.41, 5.74) is 0. The Morgan fingerprint density at radius 1 is 0.284 bits per heavy atom. The van der Waals surface area contributed by atoms with Crippen LogP contribution in [0.2, 0.25) is 0 Å². The summed E-state index contributed by atoms with van der Waals surface area (Å²) in [4.78, 5) is 38.1. The maximum Gasteiger partial charge on any atom is 0.306 e. The molecule has 0 N–H and O–H groups in total. The third-order valence-corrected chi connectivity index (χ3v) is 14.3. The monoisotopic (exact) mass is 1030 g/mol. The lowest BCUT2D eigenvalue weighted by molar-refractivity contribution is -0.167. The normalized spacial score (nSPS) is 12.4. The van der Waals surface area contributed by atoms with Crippen LogP contribution in [0.1, 0.15) is 335 Å². The van der Waals surface area contributed by atoms with Gasteiger partial charge in [0.1, 0.15) is 13.2 Å². The minimum absolute atomic E-state index is 0.0718. The van der Waals surface area contributed by atoms with Gasteiger partial charge in [-0.1, -0.05) is 313 Å². The number of carbonyl (C=O) groups excluding carboxylic acids is 3. The number of esters is 3. The minimum Gasteiger partial charge on any atom is -0.462 e. The van der Waals surface area contributed by atoms with E-state index in [1.807, 2.05) is 0 Å². The molecule has 0 rings (SSSR count). The van der Waals surface area contributed by atoms with E-state index in [4.69, 9.17) is 14.2 Å². The second kappa shape index (κ2) is 62.6. The number of ether oxygens (including phenoxy) is 3. The van der Waals surface area contributed by atoms with Gasteiger partial charge >= 0.3 is 17.9 Å². The van der Waals surface area contributed by atoms with Gasteiger partial charge in [-0.15, -0.1) is 0 Å². The predicted molar refractivity (Wildman–Crippen MR) is 321 cm³/mol. The first kappa shape index (κ1) is 71.1. The Morgan fingerprint density at radius 2 is 0.527 bits per heavy atom. The standard InChI is InChI=1S/C68H122O6/c1-4-7-10-13-16-19-21-23-25-27-29-31-33-34-36-37-39-41-43-45-47-49-52-55-58-61-67(70)73-64-65(63-72-66(69)60-57-54-51-18-15-12-9-6-3)74-68(71)62-59-56-53-50-48-46-44-42-40-38-35-32-30-28-26-24-22-20-17-14-11-8-5-2/h7,10,16,19,23,25,29,31,34,36,65H,4-6,8-9,11-15,17-18,20-22,24,26-28,30,32-33,35,37-64H2,1-3H3/b10-7-,19-16-,25-23-,31-29-,36-34-. The number of hydrogen-bond donors (Lipinski definition) is 0. The highest BCUT2D eigenvalue weighted by Crippen LogP contribution is 2.18. The quantitative estimate of drug-likeness (QED) is 0.0261. The number of carbonyl (C=O) groups is 3. The molecule has 0 radical (unpaired) electrons. The van der Waals surface area contributed by atoms with Crippen molar-refractivity contribution in [3.63, 3.8) is 0 Å². The van der Waals surface area contributed by atoms with Crippen molar-refractivity contribution >= 4 is 17.9 Å². The molecule has 1 unspecified atom stereocenters. The Hall–Kier alpha value is -2.89. The first-order valence-electron chi connectivity index (χ1n) is 32.3. The predicted octanol–water partition coefficient (Wildman–Crippen LogP) is 21.9. The summed E-state index contributed by atoms with van der Waals surface area (Å²) in [6.45, 7) is 6.54. The zero-order chi connectivity index (χ0) is 53.6. The van der Waals surface area contributed by atoms with Crippen molar-refractivity contribution < 1.29 is 28.6 Å². The average Bonchev–Trinajstić information content (AvgIpc) is 3.40. The lowest BCUT2D eigenvalue weighted by Crippen LogP contribution is -2.30. The first-order valence-corrected chi connectivity index (χ1v) is 32.3. The summed E-state index contributed by atoms with van der Waals surface area (Å²) in [5, 5.41) is 0. The minimum atomic E-state index is -0.773. The lowest BCUT2D eigenvalue weighted by atomic mass is 10.0. The van der Waals surface area contributed by atoms with E-state index in [9.17, 15) is 14.4 Å². The van der Waals surface area contributed by atoms with Gasteiger partial charge in [0.2, 0.25) is 0 Å². The van der Waals surface area contributed by atoms with Gasteiger partial charge in [0.25, 0.3) is 0 Å². The molecule has 430 valence electrons. The second-order valence-corrected chi connectivity index (χ2v) is 21.7. The first-order chi connectivity index (χ1) is 36.5. The van der Waals surface area contributed by atoms with Crippen LogP contribution in [0, 0.1) is 0 Å². The summed E-state index contributed by atoms with van der Waals surface area (Å²) >= 11 is 0. The van der Waals surface area contributed by atoms with Crippen LogP contribution in [0.15, 0.2) is 60.8 Å². The molecule has 0 spiro atoms. The van der Waals surface area contributed by atoms with Crippen LogP contribution in [0.25, 0.3) is 0 Å². The summed E-state index contributed by atoms with van der Waals surface area (Å²) in [6, 6.07) is 0. The molecule has 0 aromatic carbocycles. The summed E-state index contributed by atoms with van der Waals surface area (Å²) in [5.74, 6) is -0.864. The van der Waals surface area contributed by atoms with Gasteiger partial charge in [0.15, 0.2) is 6.10 Å². The summed E-state index contributed by atoms with van der Waals surface area (Å²) in [7, 11) is 0.